The lowest BCUT2D eigenvalue weighted by molar-refractivity contribution is -0.385. The first kappa shape index (κ1) is 16.4. The number of nitrogens with zero attached hydrogens (tertiary/aromatic N) is 1. The van der Waals surface area contributed by atoms with E-state index in [0.717, 1.165) is 37.9 Å². The Kier molecular flexibility index (Phi) is 5.89. The molecule has 6 heteroatoms. The highest BCUT2D eigenvalue weighted by Crippen LogP contribution is 2.21. The maximum absolute atomic E-state index is 11.9. The molecular weight excluding hydrogens is 282 g/mol. The summed E-state index contributed by atoms with van der Waals surface area (Å²) >= 11 is 0. The van der Waals surface area contributed by atoms with Crippen molar-refractivity contribution in [3.8, 4) is 0 Å². The SMILES string of the molecule is Cc1c(CNC(=O)CCC2CCNCC2)cccc1[N+](=O)[O-]. The fraction of sp³-hybridized carbons (Fsp3) is 0.562. The van der Waals surface area contributed by atoms with E-state index in [1.165, 1.54) is 6.07 Å². The third kappa shape index (κ3) is 4.53. The van der Waals surface area contributed by atoms with Crippen molar-refractivity contribution in [3.63, 3.8) is 0 Å². The first-order valence-corrected chi connectivity index (χ1v) is 7.78. The summed E-state index contributed by atoms with van der Waals surface area (Å²) < 4.78 is 0. The number of hydrogen-bond donors (Lipinski definition) is 2. The van der Waals surface area contributed by atoms with Crippen molar-refractivity contribution in [2.24, 2.45) is 5.92 Å². The minimum Gasteiger partial charge on any atom is -0.352 e. The molecule has 0 unspecified atom stereocenters. The second-order valence-electron chi connectivity index (χ2n) is 5.83. The van der Waals surface area contributed by atoms with Gasteiger partial charge < -0.3 is 10.6 Å². The number of rotatable bonds is 6. The summed E-state index contributed by atoms with van der Waals surface area (Å²) in [6.45, 7) is 4.14. The minimum absolute atomic E-state index is 0.0180. The largest absolute Gasteiger partial charge is 0.352 e. The van der Waals surface area contributed by atoms with E-state index in [9.17, 15) is 14.9 Å². The molecule has 0 aromatic heterocycles. The molecule has 1 aliphatic heterocycles. The molecule has 22 heavy (non-hydrogen) atoms. The normalized spacial score (nSPS) is 15.5. The van der Waals surface area contributed by atoms with Gasteiger partial charge in [0, 0.05) is 24.6 Å². The lowest BCUT2D eigenvalue weighted by Gasteiger charge is -2.22. The molecule has 6 nitrogen and oxygen atoms in total. The summed E-state index contributed by atoms with van der Waals surface area (Å²) in [7, 11) is 0. The summed E-state index contributed by atoms with van der Waals surface area (Å²) in [5.74, 6) is 0.649. The van der Waals surface area contributed by atoms with Gasteiger partial charge in [-0.15, -0.1) is 0 Å². The summed E-state index contributed by atoms with van der Waals surface area (Å²) in [6, 6.07) is 4.95. The quantitative estimate of drug-likeness (QED) is 0.624. The van der Waals surface area contributed by atoms with Gasteiger partial charge in [0.1, 0.15) is 0 Å². The molecule has 1 aromatic rings. The van der Waals surface area contributed by atoms with Gasteiger partial charge in [0.2, 0.25) is 5.91 Å². The number of piperidine rings is 1. The molecule has 0 aliphatic carbocycles. The summed E-state index contributed by atoms with van der Waals surface area (Å²) in [5.41, 5.74) is 1.51. The molecule has 120 valence electrons. The van der Waals surface area contributed by atoms with E-state index in [4.69, 9.17) is 0 Å². The molecule has 1 saturated heterocycles. The third-order valence-electron chi connectivity index (χ3n) is 4.33. The van der Waals surface area contributed by atoms with E-state index >= 15 is 0 Å². The Hall–Kier alpha value is -1.95. The van der Waals surface area contributed by atoms with Crippen molar-refractivity contribution in [1.29, 1.82) is 0 Å². The second kappa shape index (κ2) is 7.89. The van der Waals surface area contributed by atoms with E-state index < -0.39 is 4.92 Å². The zero-order valence-electron chi connectivity index (χ0n) is 12.9. The van der Waals surface area contributed by atoms with Gasteiger partial charge in [0.25, 0.3) is 5.69 Å². The van der Waals surface area contributed by atoms with E-state index in [1.807, 2.05) is 6.07 Å². The molecule has 0 atom stereocenters. The number of nitro benzene ring substituents is 1. The Labute approximate surface area is 130 Å². The molecule has 1 fully saturated rings. The number of hydrogen-bond acceptors (Lipinski definition) is 4. The number of nitrogens with one attached hydrogen (secondary N) is 2. The molecule has 2 rings (SSSR count). The number of carbonyl (C=O) groups excluding carboxylic acids is 1. The van der Waals surface area contributed by atoms with Crippen molar-refractivity contribution in [2.45, 2.75) is 39.2 Å². The Bertz CT molecular complexity index is 539. The zero-order chi connectivity index (χ0) is 15.9. The number of amides is 1. The van der Waals surface area contributed by atoms with Gasteiger partial charge in [-0.2, -0.15) is 0 Å². The predicted molar refractivity (Wildman–Crippen MR) is 84.5 cm³/mol. The molecule has 1 aromatic carbocycles. The van der Waals surface area contributed by atoms with Crippen LogP contribution >= 0.6 is 0 Å². The molecule has 0 bridgehead atoms. The molecule has 0 spiro atoms. The molecular formula is C16H23N3O3. The zero-order valence-corrected chi connectivity index (χ0v) is 12.9. The highest BCUT2D eigenvalue weighted by Gasteiger charge is 2.16. The van der Waals surface area contributed by atoms with Crippen molar-refractivity contribution in [2.75, 3.05) is 13.1 Å². The maximum atomic E-state index is 11.9. The minimum atomic E-state index is -0.391. The average Bonchev–Trinajstić information content (AvgIpc) is 2.52. The van der Waals surface area contributed by atoms with Gasteiger partial charge >= 0.3 is 0 Å². The average molecular weight is 305 g/mol. The van der Waals surface area contributed by atoms with E-state index in [-0.39, 0.29) is 11.6 Å². The van der Waals surface area contributed by atoms with E-state index in [1.54, 1.807) is 13.0 Å². The Balaban J connectivity index is 1.81. The fourth-order valence-electron chi connectivity index (χ4n) is 2.85. The Morgan fingerprint density at radius 3 is 2.82 bits per heavy atom. The smallest absolute Gasteiger partial charge is 0.272 e. The molecule has 0 saturated carbocycles. The van der Waals surface area contributed by atoms with Crippen molar-refractivity contribution < 1.29 is 9.72 Å². The van der Waals surface area contributed by atoms with Crippen LogP contribution in [0.25, 0.3) is 0 Å². The van der Waals surface area contributed by atoms with Crippen molar-refractivity contribution in [1.82, 2.24) is 10.6 Å². The van der Waals surface area contributed by atoms with Crippen LogP contribution in [0.4, 0.5) is 5.69 Å². The van der Waals surface area contributed by atoms with Gasteiger partial charge in [-0.1, -0.05) is 12.1 Å². The first-order chi connectivity index (χ1) is 10.6. The summed E-state index contributed by atoms with van der Waals surface area (Å²) in [4.78, 5) is 22.4. The van der Waals surface area contributed by atoms with Crippen LogP contribution in [0.15, 0.2) is 18.2 Å². The Morgan fingerprint density at radius 1 is 1.41 bits per heavy atom. The highest BCUT2D eigenvalue weighted by molar-refractivity contribution is 5.75. The summed E-state index contributed by atoms with van der Waals surface area (Å²) in [6.07, 6.45) is 3.72. The van der Waals surface area contributed by atoms with Crippen LogP contribution < -0.4 is 10.6 Å². The van der Waals surface area contributed by atoms with Crippen LogP contribution in [-0.2, 0) is 11.3 Å². The second-order valence-corrected chi connectivity index (χ2v) is 5.83. The van der Waals surface area contributed by atoms with Gasteiger partial charge in [-0.05, 0) is 50.8 Å². The molecule has 1 amide bonds. The van der Waals surface area contributed by atoms with Crippen LogP contribution in [0, 0.1) is 23.0 Å². The van der Waals surface area contributed by atoms with Crippen molar-refractivity contribution >= 4 is 11.6 Å². The molecule has 2 N–H and O–H groups in total. The van der Waals surface area contributed by atoms with Crippen molar-refractivity contribution in [3.05, 3.63) is 39.4 Å². The predicted octanol–water partition coefficient (Wildman–Crippen LogP) is 2.30. The van der Waals surface area contributed by atoms with Gasteiger partial charge in [-0.25, -0.2) is 0 Å². The van der Waals surface area contributed by atoms with Crippen LogP contribution in [-0.4, -0.2) is 23.9 Å². The highest BCUT2D eigenvalue weighted by atomic mass is 16.6. The standard InChI is InChI=1S/C16H23N3O3/c1-12-14(3-2-4-15(12)19(21)22)11-18-16(20)6-5-13-7-9-17-10-8-13/h2-4,13,17H,5-11H2,1H3,(H,18,20). The number of nitro groups is 1. The number of carbonyl (C=O) groups is 1. The van der Waals surface area contributed by atoms with E-state index in [0.29, 0.717) is 24.4 Å². The Morgan fingerprint density at radius 2 is 2.14 bits per heavy atom. The molecule has 1 heterocycles. The number of benzene rings is 1. The van der Waals surface area contributed by atoms with Crippen LogP contribution in [0.1, 0.15) is 36.8 Å². The van der Waals surface area contributed by atoms with Crippen LogP contribution in [0.3, 0.4) is 0 Å². The molecule has 0 radical (unpaired) electrons. The van der Waals surface area contributed by atoms with Gasteiger partial charge in [0.15, 0.2) is 0 Å². The molecule has 1 aliphatic rings. The lowest BCUT2D eigenvalue weighted by atomic mass is 9.93. The third-order valence-corrected chi connectivity index (χ3v) is 4.33. The first-order valence-electron chi connectivity index (χ1n) is 7.78. The summed E-state index contributed by atoms with van der Waals surface area (Å²) in [5, 5.41) is 17.1. The van der Waals surface area contributed by atoms with Gasteiger partial charge in [-0.3, -0.25) is 14.9 Å². The van der Waals surface area contributed by atoms with Gasteiger partial charge in [0.05, 0.1) is 4.92 Å². The maximum Gasteiger partial charge on any atom is 0.272 e. The van der Waals surface area contributed by atoms with Crippen LogP contribution in [0.2, 0.25) is 0 Å². The lowest BCUT2D eigenvalue weighted by Crippen LogP contribution is -2.29. The van der Waals surface area contributed by atoms with Crippen LogP contribution in [0.5, 0.6) is 0 Å². The fourth-order valence-corrected chi connectivity index (χ4v) is 2.85. The monoisotopic (exact) mass is 305 g/mol. The van der Waals surface area contributed by atoms with E-state index in [2.05, 4.69) is 10.6 Å². The topological polar surface area (TPSA) is 84.3 Å².